The third-order valence-electron chi connectivity index (χ3n) is 2.99. The first-order chi connectivity index (χ1) is 10.5. The molecular formula is C13H15N3O5S. The highest BCUT2D eigenvalue weighted by Gasteiger charge is 2.29. The van der Waals surface area contributed by atoms with Crippen molar-refractivity contribution >= 4 is 34.8 Å². The smallest absolute Gasteiger partial charge is 0.355 e. The van der Waals surface area contributed by atoms with Crippen molar-refractivity contribution in [2.24, 2.45) is 7.05 Å². The van der Waals surface area contributed by atoms with Gasteiger partial charge in [0.05, 0.1) is 5.75 Å². The summed E-state index contributed by atoms with van der Waals surface area (Å²) in [4.78, 5) is 47.0. The van der Waals surface area contributed by atoms with E-state index in [1.54, 1.807) is 29.9 Å². The molecule has 0 spiro atoms. The molecule has 0 atom stereocenters. The summed E-state index contributed by atoms with van der Waals surface area (Å²) in [6.07, 6.45) is 1.69. The lowest BCUT2D eigenvalue weighted by Gasteiger charge is -2.13. The molecule has 1 saturated heterocycles. The molecule has 2 rings (SSSR count). The minimum absolute atomic E-state index is 0.113. The highest BCUT2D eigenvalue weighted by Crippen LogP contribution is 2.17. The number of thioether (sulfide) groups is 1. The zero-order chi connectivity index (χ0) is 16.1. The number of aryl methyl sites for hydroxylation is 1. The largest absolute Gasteiger partial charge is 0.451 e. The van der Waals surface area contributed by atoms with E-state index in [-0.39, 0.29) is 30.0 Å². The molecule has 1 fully saturated rings. The molecule has 1 aliphatic rings. The van der Waals surface area contributed by atoms with E-state index in [0.29, 0.717) is 5.69 Å². The number of imide groups is 1. The molecule has 0 saturated carbocycles. The van der Waals surface area contributed by atoms with Crippen LogP contribution in [-0.2, 0) is 21.4 Å². The monoisotopic (exact) mass is 325 g/mol. The lowest BCUT2D eigenvalue weighted by molar-refractivity contribution is -0.126. The fraction of sp³-hybridized carbons (Fsp3) is 0.385. The van der Waals surface area contributed by atoms with Crippen LogP contribution in [-0.4, -0.2) is 57.9 Å². The van der Waals surface area contributed by atoms with Crippen molar-refractivity contribution in [2.75, 3.05) is 25.4 Å². The summed E-state index contributed by atoms with van der Waals surface area (Å²) in [7, 11) is 1.69. The van der Waals surface area contributed by atoms with E-state index in [1.807, 2.05) is 0 Å². The average molecular weight is 325 g/mol. The number of carbonyl (C=O) groups excluding carboxylic acids is 4. The first kappa shape index (κ1) is 16.1. The maximum absolute atomic E-state index is 11.7. The van der Waals surface area contributed by atoms with E-state index >= 15 is 0 Å². The molecule has 1 aromatic heterocycles. The van der Waals surface area contributed by atoms with Crippen LogP contribution in [0.25, 0.3) is 0 Å². The molecule has 2 heterocycles. The number of esters is 1. The van der Waals surface area contributed by atoms with Crippen LogP contribution in [0.3, 0.4) is 0 Å². The molecule has 3 amide bonds. The maximum Gasteiger partial charge on any atom is 0.355 e. The van der Waals surface area contributed by atoms with Crippen LogP contribution in [0.5, 0.6) is 0 Å². The number of hydrogen-bond acceptors (Lipinski definition) is 6. The van der Waals surface area contributed by atoms with E-state index in [4.69, 9.17) is 4.74 Å². The van der Waals surface area contributed by atoms with Gasteiger partial charge in [-0.25, -0.2) is 4.79 Å². The van der Waals surface area contributed by atoms with Crippen molar-refractivity contribution in [3.63, 3.8) is 0 Å². The SMILES string of the molecule is Cn1cccc1C(=O)OCC(=O)NCCN1C(=O)CSC1=O. The number of ether oxygens (including phenoxy) is 1. The average Bonchev–Trinajstić information content (AvgIpc) is 3.04. The predicted molar refractivity (Wildman–Crippen MR) is 78.3 cm³/mol. The zero-order valence-corrected chi connectivity index (χ0v) is 12.7. The van der Waals surface area contributed by atoms with Crippen LogP contribution in [0, 0.1) is 0 Å². The molecule has 118 valence electrons. The second kappa shape index (κ2) is 7.12. The summed E-state index contributed by atoms with van der Waals surface area (Å²) >= 11 is 0.939. The molecule has 0 aliphatic carbocycles. The van der Waals surface area contributed by atoms with Gasteiger partial charge in [0.15, 0.2) is 6.61 Å². The number of carbonyl (C=O) groups is 4. The number of rotatable bonds is 6. The summed E-state index contributed by atoms with van der Waals surface area (Å²) in [5, 5.41) is 2.18. The lowest BCUT2D eigenvalue weighted by atomic mass is 10.4. The third-order valence-corrected chi connectivity index (χ3v) is 3.84. The molecule has 0 radical (unpaired) electrons. The normalized spacial score (nSPS) is 14.3. The van der Waals surface area contributed by atoms with Crippen LogP contribution in [0.1, 0.15) is 10.5 Å². The molecule has 1 aliphatic heterocycles. The minimum atomic E-state index is -0.594. The van der Waals surface area contributed by atoms with Gasteiger partial charge < -0.3 is 14.6 Å². The molecular weight excluding hydrogens is 310 g/mol. The summed E-state index contributed by atoms with van der Waals surface area (Å²) < 4.78 is 6.46. The van der Waals surface area contributed by atoms with Gasteiger partial charge in [-0.2, -0.15) is 0 Å². The van der Waals surface area contributed by atoms with E-state index in [2.05, 4.69) is 5.32 Å². The topological polar surface area (TPSA) is 97.7 Å². The van der Waals surface area contributed by atoms with Gasteiger partial charge in [-0.3, -0.25) is 19.3 Å². The second-order valence-electron chi connectivity index (χ2n) is 4.53. The Morgan fingerprint density at radius 2 is 2.18 bits per heavy atom. The van der Waals surface area contributed by atoms with E-state index in [0.717, 1.165) is 16.7 Å². The minimum Gasteiger partial charge on any atom is -0.451 e. The van der Waals surface area contributed by atoms with Crippen LogP contribution in [0.15, 0.2) is 18.3 Å². The molecule has 1 N–H and O–H groups in total. The fourth-order valence-corrected chi connectivity index (χ4v) is 2.59. The van der Waals surface area contributed by atoms with Gasteiger partial charge >= 0.3 is 5.97 Å². The quantitative estimate of drug-likeness (QED) is 0.739. The van der Waals surface area contributed by atoms with Crippen molar-refractivity contribution in [3.05, 3.63) is 24.0 Å². The summed E-state index contributed by atoms with van der Waals surface area (Å²) in [5.41, 5.74) is 0.345. The third kappa shape index (κ3) is 3.88. The summed E-state index contributed by atoms with van der Waals surface area (Å²) in [6.45, 7) is -0.179. The highest BCUT2D eigenvalue weighted by molar-refractivity contribution is 8.14. The van der Waals surface area contributed by atoms with Crippen LogP contribution in [0.2, 0.25) is 0 Å². The first-order valence-electron chi connectivity index (χ1n) is 6.51. The maximum atomic E-state index is 11.7. The molecule has 0 unspecified atom stereocenters. The summed E-state index contributed by atoms with van der Waals surface area (Å²) in [5.74, 6) is -1.21. The molecule has 8 nitrogen and oxygen atoms in total. The Labute approximate surface area is 130 Å². The van der Waals surface area contributed by atoms with Crippen molar-refractivity contribution in [1.29, 1.82) is 0 Å². The molecule has 0 bridgehead atoms. The lowest BCUT2D eigenvalue weighted by Crippen LogP contribution is -2.38. The number of nitrogens with one attached hydrogen (secondary N) is 1. The Bertz CT molecular complexity index is 597. The molecule has 9 heteroatoms. The predicted octanol–water partition coefficient (Wildman–Crippen LogP) is -0.00650. The van der Waals surface area contributed by atoms with Crippen molar-refractivity contribution in [1.82, 2.24) is 14.8 Å². The van der Waals surface area contributed by atoms with Gasteiger partial charge in [0, 0.05) is 26.3 Å². The zero-order valence-electron chi connectivity index (χ0n) is 11.9. The first-order valence-corrected chi connectivity index (χ1v) is 7.50. The Balaban J connectivity index is 1.68. The second-order valence-corrected chi connectivity index (χ2v) is 5.46. The fourth-order valence-electron chi connectivity index (χ4n) is 1.83. The molecule has 22 heavy (non-hydrogen) atoms. The summed E-state index contributed by atoms with van der Waals surface area (Å²) in [6, 6.07) is 3.28. The van der Waals surface area contributed by atoms with Crippen LogP contribution < -0.4 is 5.32 Å². The number of hydrogen-bond donors (Lipinski definition) is 1. The van der Waals surface area contributed by atoms with Gasteiger partial charge in [-0.1, -0.05) is 11.8 Å². The Hall–Kier alpha value is -2.29. The van der Waals surface area contributed by atoms with Gasteiger partial charge in [0.2, 0.25) is 5.91 Å². The van der Waals surface area contributed by atoms with Gasteiger partial charge in [0.1, 0.15) is 5.69 Å². The van der Waals surface area contributed by atoms with Crippen molar-refractivity contribution in [3.8, 4) is 0 Å². The van der Waals surface area contributed by atoms with Crippen molar-refractivity contribution < 1.29 is 23.9 Å². The van der Waals surface area contributed by atoms with E-state index in [9.17, 15) is 19.2 Å². The van der Waals surface area contributed by atoms with E-state index in [1.165, 1.54) is 0 Å². The van der Waals surface area contributed by atoms with Crippen LogP contribution >= 0.6 is 11.8 Å². The Morgan fingerprint density at radius 3 is 2.77 bits per heavy atom. The van der Waals surface area contributed by atoms with Gasteiger partial charge in [0.25, 0.3) is 11.1 Å². The number of aromatic nitrogens is 1. The molecule has 1 aromatic rings. The highest BCUT2D eigenvalue weighted by atomic mass is 32.2. The standard InChI is InChI=1S/C13H15N3O5S/c1-15-5-2-3-9(15)12(19)21-7-10(17)14-4-6-16-11(18)8-22-13(16)20/h2-3,5H,4,6-8H2,1H3,(H,14,17). The number of nitrogens with zero attached hydrogens (tertiary/aromatic N) is 2. The Morgan fingerprint density at radius 1 is 1.41 bits per heavy atom. The molecule has 0 aromatic carbocycles. The van der Waals surface area contributed by atoms with Crippen LogP contribution in [0.4, 0.5) is 4.79 Å². The number of amides is 3. The van der Waals surface area contributed by atoms with Gasteiger partial charge in [-0.05, 0) is 12.1 Å². The van der Waals surface area contributed by atoms with Gasteiger partial charge in [-0.15, -0.1) is 0 Å². The van der Waals surface area contributed by atoms with E-state index < -0.39 is 18.5 Å². The Kier molecular flexibility index (Phi) is 5.21. The van der Waals surface area contributed by atoms with Crippen molar-refractivity contribution in [2.45, 2.75) is 0 Å².